The third-order valence-electron chi connectivity index (χ3n) is 19.9. The summed E-state index contributed by atoms with van der Waals surface area (Å²) in [5, 5.41) is 1.58. The van der Waals surface area contributed by atoms with E-state index >= 15 is 0 Å². The number of nitrogens with zero attached hydrogens (tertiary/aromatic N) is 3. The summed E-state index contributed by atoms with van der Waals surface area (Å²) in [4.78, 5) is 8.61. The Bertz CT molecular complexity index is 3400. The van der Waals surface area contributed by atoms with Crippen molar-refractivity contribution in [3.63, 3.8) is 0 Å². The number of rotatable bonds is 5. The van der Waals surface area contributed by atoms with Crippen LogP contribution in [0.1, 0.15) is 141 Å². The standard InChI is InChI=1S/C68H76BN3Si/c1-63(2,3)47-31-33-56(51(39-47)45-25-15-13-16-26-45)70-58-34-32-48(64(4,5)6)40-54(58)69-55-44-50(73(10,11)12)43-53-62(55)72(67(9)37-23-24-38-68(53,67)46-27-17-14-18-28-46)60-42-49(41-59(70)61(60)69)71-57-30-20-19-29-52(57)65(7)35-21-22-36-66(65,71)8/h13-20,25-34,39-44H,21-24,35-38H2,1-12H3. The average Bonchev–Trinajstić information content (AvgIpc) is 3.74. The molecule has 5 heteroatoms. The highest BCUT2D eigenvalue weighted by molar-refractivity contribution is 7.01. The summed E-state index contributed by atoms with van der Waals surface area (Å²) < 4.78 is 0. The van der Waals surface area contributed by atoms with E-state index in [1.54, 1.807) is 10.8 Å². The summed E-state index contributed by atoms with van der Waals surface area (Å²) in [5.74, 6) is 0. The number of benzene rings is 7. The third kappa shape index (κ3) is 6.36. The predicted molar refractivity (Wildman–Crippen MR) is 317 cm³/mol. The van der Waals surface area contributed by atoms with Crippen LogP contribution < -0.4 is 36.3 Å². The molecule has 7 aromatic carbocycles. The molecule has 13 rings (SSSR count). The second-order valence-corrected chi connectivity index (χ2v) is 32.1. The van der Waals surface area contributed by atoms with E-state index in [9.17, 15) is 0 Å². The van der Waals surface area contributed by atoms with Crippen molar-refractivity contribution < 1.29 is 0 Å². The molecule has 4 heterocycles. The Morgan fingerprint density at radius 3 is 1.79 bits per heavy atom. The third-order valence-corrected chi connectivity index (χ3v) is 22.0. The highest BCUT2D eigenvalue weighted by Crippen LogP contribution is 2.66. The lowest BCUT2D eigenvalue weighted by atomic mass is 9.33. The summed E-state index contributed by atoms with van der Waals surface area (Å²) >= 11 is 0. The number of para-hydroxylation sites is 1. The summed E-state index contributed by atoms with van der Waals surface area (Å²) in [5.41, 5.74) is 23.2. The first-order chi connectivity index (χ1) is 34.7. The van der Waals surface area contributed by atoms with Crippen LogP contribution in [0.5, 0.6) is 0 Å². The zero-order valence-corrected chi connectivity index (χ0v) is 46.9. The maximum Gasteiger partial charge on any atom is 0.252 e. The highest BCUT2D eigenvalue weighted by atomic mass is 28.3. The minimum Gasteiger partial charge on any atom is -0.335 e. The van der Waals surface area contributed by atoms with Crippen molar-refractivity contribution in [2.45, 2.75) is 166 Å². The Kier molecular flexibility index (Phi) is 10.1. The van der Waals surface area contributed by atoms with E-state index in [0.717, 1.165) is 19.3 Å². The van der Waals surface area contributed by atoms with Crippen molar-refractivity contribution >= 4 is 76.2 Å². The lowest BCUT2D eigenvalue weighted by Crippen LogP contribution is -2.65. The normalized spacial score (nSPS) is 24.7. The maximum absolute atomic E-state index is 3.00. The van der Waals surface area contributed by atoms with Crippen LogP contribution in [0.4, 0.5) is 39.8 Å². The minimum atomic E-state index is -1.86. The van der Waals surface area contributed by atoms with Crippen molar-refractivity contribution in [1.82, 2.24) is 0 Å². The smallest absolute Gasteiger partial charge is 0.252 e. The highest BCUT2D eigenvalue weighted by Gasteiger charge is 2.65. The molecule has 4 aliphatic heterocycles. The maximum atomic E-state index is 3.00. The molecule has 0 spiro atoms. The molecule has 0 amide bonds. The molecule has 73 heavy (non-hydrogen) atoms. The van der Waals surface area contributed by atoms with Crippen molar-refractivity contribution in [1.29, 1.82) is 0 Å². The molecule has 2 aliphatic carbocycles. The van der Waals surface area contributed by atoms with Crippen LogP contribution in [0.3, 0.4) is 0 Å². The van der Waals surface area contributed by atoms with E-state index in [1.165, 1.54) is 122 Å². The van der Waals surface area contributed by atoms with E-state index in [4.69, 9.17) is 0 Å². The molecule has 0 saturated heterocycles. The Balaban J connectivity index is 1.21. The first-order valence-electron chi connectivity index (χ1n) is 28.0. The Morgan fingerprint density at radius 1 is 0.493 bits per heavy atom. The Morgan fingerprint density at radius 2 is 1.10 bits per heavy atom. The van der Waals surface area contributed by atoms with Crippen molar-refractivity contribution in [3.8, 4) is 11.1 Å². The number of hydrogen-bond acceptors (Lipinski definition) is 3. The molecule has 2 fully saturated rings. The van der Waals surface area contributed by atoms with Crippen molar-refractivity contribution in [2.75, 3.05) is 14.7 Å². The van der Waals surface area contributed by atoms with Gasteiger partial charge in [0.25, 0.3) is 6.71 Å². The monoisotopic (exact) mass is 974 g/mol. The Labute approximate surface area is 439 Å². The lowest BCUT2D eigenvalue weighted by Gasteiger charge is -2.54. The second kappa shape index (κ2) is 15.6. The number of fused-ring (bicyclic) bond motifs is 10. The molecule has 3 nitrogen and oxygen atoms in total. The van der Waals surface area contributed by atoms with Crippen LogP contribution in [0.25, 0.3) is 11.1 Å². The van der Waals surface area contributed by atoms with Gasteiger partial charge >= 0.3 is 0 Å². The summed E-state index contributed by atoms with van der Waals surface area (Å²) in [6.07, 6.45) is 9.60. The SMILES string of the molecule is CC(C)(C)c1ccc2c(c1)B1c3cc([Si](C)(C)C)cc4c3N(c3cc(N5c6ccccc6C6(C)CCCCC56C)cc(c31)N2c1ccc(C(C)(C)C)cc1-c1ccccc1)C1(C)CCCCC41c1ccccc1. The molecule has 370 valence electrons. The van der Waals surface area contributed by atoms with Gasteiger partial charge in [0.2, 0.25) is 0 Å². The molecule has 7 aromatic rings. The topological polar surface area (TPSA) is 9.72 Å². The van der Waals surface area contributed by atoms with Gasteiger partial charge in [-0.1, -0.05) is 208 Å². The lowest BCUT2D eigenvalue weighted by molar-refractivity contribution is 0.195. The molecule has 4 unspecified atom stereocenters. The molecule has 2 saturated carbocycles. The molecule has 0 aromatic heterocycles. The van der Waals surface area contributed by atoms with Crippen molar-refractivity contribution in [3.05, 3.63) is 173 Å². The molecule has 4 atom stereocenters. The number of hydrogen-bond donors (Lipinski definition) is 0. The van der Waals surface area contributed by atoms with Gasteiger partial charge < -0.3 is 14.7 Å². The van der Waals surface area contributed by atoms with Crippen LogP contribution in [0.15, 0.2) is 146 Å². The molecule has 6 aliphatic rings. The van der Waals surface area contributed by atoms with Gasteiger partial charge in [0, 0.05) is 50.5 Å². The van der Waals surface area contributed by atoms with E-state index < -0.39 is 8.07 Å². The van der Waals surface area contributed by atoms with E-state index in [1.807, 2.05) is 0 Å². The van der Waals surface area contributed by atoms with E-state index in [2.05, 4.69) is 242 Å². The molecule has 0 radical (unpaired) electrons. The van der Waals surface area contributed by atoms with Gasteiger partial charge in [-0.3, -0.25) is 0 Å². The average molecular weight is 974 g/mol. The van der Waals surface area contributed by atoms with Gasteiger partial charge in [0.15, 0.2) is 0 Å². The van der Waals surface area contributed by atoms with Gasteiger partial charge in [-0.2, -0.15) is 0 Å². The van der Waals surface area contributed by atoms with Crippen LogP contribution in [0, 0.1) is 0 Å². The first-order valence-corrected chi connectivity index (χ1v) is 31.5. The first kappa shape index (κ1) is 47.0. The summed E-state index contributed by atoms with van der Waals surface area (Å²) in [6, 6.07) is 58.5. The van der Waals surface area contributed by atoms with Gasteiger partial charge in [-0.15, -0.1) is 0 Å². The van der Waals surface area contributed by atoms with Gasteiger partial charge in [0.05, 0.1) is 24.8 Å². The largest absolute Gasteiger partial charge is 0.335 e. The fraction of sp³-hybridized carbons (Fsp3) is 0.382. The summed E-state index contributed by atoms with van der Waals surface area (Å²) in [7, 11) is -1.86. The second-order valence-electron chi connectivity index (χ2n) is 27.0. The van der Waals surface area contributed by atoms with Gasteiger partial charge in [-0.25, -0.2) is 0 Å². The van der Waals surface area contributed by atoms with Crippen molar-refractivity contribution in [2.24, 2.45) is 0 Å². The zero-order chi connectivity index (χ0) is 50.8. The summed E-state index contributed by atoms with van der Waals surface area (Å²) in [6.45, 7) is 29.9. The van der Waals surface area contributed by atoms with Crippen LogP contribution in [-0.4, -0.2) is 25.9 Å². The van der Waals surface area contributed by atoms with Gasteiger partial charge in [0.1, 0.15) is 0 Å². The number of anilines is 7. The zero-order valence-electron chi connectivity index (χ0n) is 45.9. The van der Waals surface area contributed by atoms with Crippen LogP contribution in [0.2, 0.25) is 19.6 Å². The minimum absolute atomic E-state index is 0.0227. The predicted octanol–water partition coefficient (Wildman–Crippen LogP) is 15.6. The molecule has 0 N–H and O–H groups in total. The van der Waals surface area contributed by atoms with E-state index in [-0.39, 0.29) is 39.5 Å². The Hall–Kier alpha value is -5.78. The van der Waals surface area contributed by atoms with Crippen LogP contribution >= 0.6 is 0 Å². The van der Waals surface area contributed by atoms with E-state index in [0.29, 0.717) is 0 Å². The van der Waals surface area contributed by atoms with Crippen LogP contribution in [-0.2, 0) is 21.7 Å². The fourth-order valence-electron chi connectivity index (χ4n) is 15.8. The van der Waals surface area contributed by atoms with Gasteiger partial charge in [-0.05, 0) is 137 Å². The molecular formula is C68H76BN3Si. The molecular weight excluding hydrogens is 898 g/mol. The molecule has 0 bridgehead atoms. The fourth-order valence-corrected chi connectivity index (χ4v) is 17.0. The quantitative estimate of drug-likeness (QED) is 0.159.